The Morgan fingerprint density at radius 1 is 1.75 bits per heavy atom. The Morgan fingerprint density at radius 3 is 2.83 bits per heavy atom. The molecule has 0 spiro atoms. The molecule has 8 heteroatoms. The summed E-state index contributed by atoms with van der Waals surface area (Å²) in [4.78, 5) is 3.74. The highest BCUT2D eigenvalue weighted by Crippen LogP contribution is 1.96. The Bertz CT molecular complexity index is 330. The van der Waals surface area contributed by atoms with Crippen molar-refractivity contribution in [1.29, 1.82) is 0 Å². The molecule has 1 aromatic rings. The fourth-order valence-corrected chi connectivity index (χ4v) is 0.910. The van der Waals surface area contributed by atoms with E-state index >= 15 is 0 Å². The molecule has 0 fully saturated rings. The van der Waals surface area contributed by atoms with Crippen molar-refractivity contribution in [3.8, 4) is 0 Å². The van der Waals surface area contributed by atoms with Gasteiger partial charge in [0.1, 0.15) is 12.2 Å². The summed E-state index contributed by atoms with van der Waals surface area (Å²) in [5, 5.41) is 10.9. The molecule has 0 radical (unpaired) electrons. The number of aromatic amines is 1. The van der Waals surface area contributed by atoms with Crippen molar-refractivity contribution in [2.45, 2.75) is 6.54 Å². The summed E-state index contributed by atoms with van der Waals surface area (Å²) in [5.74, 6) is 0.450. The molecule has 68 valence electrons. The molecule has 0 aliphatic carbocycles. The van der Waals surface area contributed by atoms with Crippen LogP contribution in [0, 0.1) is 0 Å². The van der Waals surface area contributed by atoms with Crippen molar-refractivity contribution >= 4 is 10.2 Å². The minimum atomic E-state index is -3.63. The Labute approximate surface area is 69.8 Å². The van der Waals surface area contributed by atoms with Gasteiger partial charge in [-0.3, -0.25) is 5.10 Å². The average molecular weight is 191 g/mol. The fourth-order valence-electron chi connectivity index (χ4n) is 0.608. The normalized spacial score (nSPS) is 12.2. The summed E-state index contributed by atoms with van der Waals surface area (Å²) in [7, 11) is -2.27. The van der Waals surface area contributed by atoms with E-state index in [1.165, 1.54) is 13.4 Å². The van der Waals surface area contributed by atoms with Gasteiger partial charge in [0, 0.05) is 7.05 Å². The zero-order valence-electron chi connectivity index (χ0n) is 6.43. The number of hydrogen-bond donors (Lipinski definition) is 2. The molecule has 0 saturated carbocycles. The maximum Gasteiger partial charge on any atom is 0.277 e. The second-order valence-corrected chi connectivity index (χ2v) is 3.89. The topological polar surface area (TPSA) is 105 Å². The molecule has 0 aliphatic heterocycles. The Kier molecular flexibility index (Phi) is 2.40. The minimum Gasteiger partial charge on any atom is -0.262 e. The van der Waals surface area contributed by atoms with Gasteiger partial charge in [-0.2, -0.15) is 17.8 Å². The third kappa shape index (κ3) is 2.26. The number of aromatic nitrogens is 3. The van der Waals surface area contributed by atoms with Crippen LogP contribution in [0.5, 0.6) is 0 Å². The molecule has 0 unspecified atom stereocenters. The van der Waals surface area contributed by atoms with E-state index in [1.807, 2.05) is 0 Å². The summed E-state index contributed by atoms with van der Waals surface area (Å²) in [5.41, 5.74) is 0. The molecule has 0 aromatic carbocycles. The monoisotopic (exact) mass is 191 g/mol. The molecule has 1 heterocycles. The van der Waals surface area contributed by atoms with E-state index in [0.29, 0.717) is 5.82 Å². The van der Waals surface area contributed by atoms with Crippen LogP contribution in [0.3, 0.4) is 0 Å². The SMILES string of the molecule is CN(Cc1ncn[nH]1)S(N)(=O)=O. The van der Waals surface area contributed by atoms with Crippen molar-refractivity contribution in [1.82, 2.24) is 19.5 Å². The summed E-state index contributed by atoms with van der Waals surface area (Å²) in [6, 6.07) is 0. The van der Waals surface area contributed by atoms with Gasteiger partial charge in [-0.15, -0.1) is 0 Å². The van der Waals surface area contributed by atoms with E-state index in [2.05, 4.69) is 15.2 Å². The van der Waals surface area contributed by atoms with Gasteiger partial charge in [0.05, 0.1) is 6.54 Å². The lowest BCUT2D eigenvalue weighted by molar-refractivity contribution is 0.458. The number of nitrogens with two attached hydrogens (primary N) is 1. The van der Waals surface area contributed by atoms with Crippen LogP contribution in [-0.4, -0.2) is 35.0 Å². The van der Waals surface area contributed by atoms with E-state index in [0.717, 1.165) is 4.31 Å². The van der Waals surface area contributed by atoms with Crippen LogP contribution >= 0.6 is 0 Å². The van der Waals surface area contributed by atoms with E-state index in [-0.39, 0.29) is 6.54 Å². The zero-order valence-corrected chi connectivity index (χ0v) is 7.24. The number of nitrogens with zero attached hydrogens (tertiary/aromatic N) is 3. The van der Waals surface area contributed by atoms with Crippen LogP contribution in [0.15, 0.2) is 6.33 Å². The van der Waals surface area contributed by atoms with Crippen molar-refractivity contribution in [2.75, 3.05) is 7.05 Å². The van der Waals surface area contributed by atoms with Crippen LogP contribution in [0.1, 0.15) is 5.82 Å². The van der Waals surface area contributed by atoms with Crippen molar-refractivity contribution in [2.24, 2.45) is 5.14 Å². The van der Waals surface area contributed by atoms with Crippen LogP contribution in [0.25, 0.3) is 0 Å². The molecule has 7 nitrogen and oxygen atoms in total. The van der Waals surface area contributed by atoms with Gasteiger partial charge in [0.2, 0.25) is 0 Å². The molecular formula is C4H9N5O2S. The Morgan fingerprint density at radius 2 is 2.42 bits per heavy atom. The number of hydrogen-bond acceptors (Lipinski definition) is 4. The molecule has 0 saturated heterocycles. The van der Waals surface area contributed by atoms with Crippen molar-refractivity contribution < 1.29 is 8.42 Å². The summed E-state index contributed by atoms with van der Waals surface area (Å²) in [6.07, 6.45) is 1.30. The van der Waals surface area contributed by atoms with Gasteiger partial charge < -0.3 is 0 Å². The third-order valence-corrected chi connectivity index (χ3v) is 2.27. The molecule has 0 bridgehead atoms. The first-order valence-corrected chi connectivity index (χ1v) is 4.59. The zero-order chi connectivity index (χ0) is 9.19. The van der Waals surface area contributed by atoms with E-state index < -0.39 is 10.2 Å². The van der Waals surface area contributed by atoms with E-state index in [1.54, 1.807) is 0 Å². The molecule has 0 aliphatic rings. The van der Waals surface area contributed by atoms with Gasteiger partial charge in [0.25, 0.3) is 10.2 Å². The number of nitrogens with one attached hydrogen (secondary N) is 1. The summed E-state index contributed by atoms with van der Waals surface area (Å²) >= 11 is 0. The van der Waals surface area contributed by atoms with Gasteiger partial charge in [-0.1, -0.05) is 0 Å². The number of H-pyrrole nitrogens is 1. The van der Waals surface area contributed by atoms with Gasteiger partial charge in [-0.05, 0) is 0 Å². The number of rotatable bonds is 3. The van der Waals surface area contributed by atoms with Crippen molar-refractivity contribution in [3.63, 3.8) is 0 Å². The minimum absolute atomic E-state index is 0.0961. The smallest absolute Gasteiger partial charge is 0.262 e. The van der Waals surface area contributed by atoms with Gasteiger partial charge >= 0.3 is 0 Å². The van der Waals surface area contributed by atoms with Crippen LogP contribution in [-0.2, 0) is 16.8 Å². The second-order valence-electron chi connectivity index (χ2n) is 2.23. The Balaban J connectivity index is 2.66. The molecule has 0 atom stereocenters. The lowest BCUT2D eigenvalue weighted by atomic mass is 10.6. The Hall–Kier alpha value is -0.990. The lowest BCUT2D eigenvalue weighted by Gasteiger charge is -2.10. The van der Waals surface area contributed by atoms with Crippen LogP contribution in [0.4, 0.5) is 0 Å². The molecule has 0 amide bonds. The first-order valence-electron chi connectivity index (χ1n) is 3.08. The van der Waals surface area contributed by atoms with E-state index in [4.69, 9.17) is 5.14 Å². The highest BCUT2D eigenvalue weighted by molar-refractivity contribution is 7.86. The van der Waals surface area contributed by atoms with Gasteiger partial charge in [-0.25, -0.2) is 10.1 Å². The molecule has 3 N–H and O–H groups in total. The highest BCUT2D eigenvalue weighted by Gasteiger charge is 2.12. The quantitative estimate of drug-likeness (QED) is 0.602. The molecule has 12 heavy (non-hydrogen) atoms. The lowest BCUT2D eigenvalue weighted by Crippen LogP contribution is -2.33. The first kappa shape index (κ1) is 9.10. The van der Waals surface area contributed by atoms with E-state index in [9.17, 15) is 8.42 Å². The third-order valence-electron chi connectivity index (χ3n) is 1.27. The van der Waals surface area contributed by atoms with Crippen LogP contribution in [0.2, 0.25) is 0 Å². The maximum atomic E-state index is 10.7. The predicted octanol–water partition coefficient (Wildman–Crippen LogP) is -1.56. The average Bonchev–Trinajstić information content (AvgIpc) is 2.37. The highest BCUT2D eigenvalue weighted by atomic mass is 32.2. The predicted molar refractivity (Wildman–Crippen MR) is 41.0 cm³/mol. The maximum absolute atomic E-state index is 10.7. The molecule has 1 rings (SSSR count). The van der Waals surface area contributed by atoms with Gasteiger partial charge in [0.15, 0.2) is 0 Å². The van der Waals surface area contributed by atoms with Crippen molar-refractivity contribution in [3.05, 3.63) is 12.2 Å². The summed E-state index contributed by atoms with van der Waals surface area (Å²) < 4.78 is 22.4. The first-order chi connectivity index (χ1) is 5.50. The largest absolute Gasteiger partial charge is 0.277 e. The second kappa shape index (κ2) is 3.17. The summed E-state index contributed by atoms with van der Waals surface area (Å²) in [6.45, 7) is 0.0961. The standard InChI is InChI=1S/C4H9N5O2S/c1-9(12(5,10)11)2-4-6-3-7-8-4/h3H,2H2,1H3,(H2,5,10,11)(H,6,7,8). The van der Waals surface area contributed by atoms with Crippen LogP contribution < -0.4 is 5.14 Å². The molecule has 1 aromatic heterocycles. The fraction of sp³-hybridized carbons (Fsp3) is 0.500. The molecular weight excluding hydrogens is 182 g/mol.